The molecule has 0 aliphatic heterocycles. The van der Waals surface area contributed by atoms with Crippen molar-refractivity contribution in [3.8, 4) is 0 Å². The van der Waals surface area contributed by atoms with Gasteiger partial charge in [-0.1, -0.05) is 0 Å². The second-order valence-corrected chi connectivity index (χ2v) is 6.30. The maximum Gasteiger partial charge on any atom is 0.282 e. The summed E-state index contributed by atoms with van der Waals surface area (Å²) in [5, 5.41) is 8.30. The summed E-state index contributed by atoms with van der Waals surface area (Å²) in [7, 11) is 1.63. The van der Waals surface area contributed by atoms with Gasteiger partial charge in [0, 0.05) is 24.9 Å². The van der Waals surface area contributed by atoms with E-state index >= 15 is 0 Å². The third kappa shape index (κ3) is 3.22. The lowest BCUT2D eigenvalue weighted by molar-refractivity contribution is 0.703. The van der Waals surface area contributed by atoms with Crippen LogP contribution >= 0.6 is 27.3 Å². The number of nitrogens with one attached hydrogen (secondary N) is 1. The summed E-state index contributed by atoms with van der Waals surface area (Å²) in [6.07, 6.45) is 2.54. The predicted molar refractivity (Wildman–Crippen MR) is 81.0 cm³/mol. The summed E-state index contributed by atoms with van der Waals surface area (Å²) < 4.78 is 1.81. The summed E-state index contributed by atoms with van der Waals surface area (Å²) in [4.78, 5) is 17.4. The molecule has 0 amide bonds. The van der Waals surface area contributed by atoms with Crippen molar-refractivity contribution >= 4 is 33.0 Å². The molecular weight excluding hydrogens is 328 g/mol. The standard InChI is InChI=1S/C12H15BrN4OS/c1-7-10(19-8(2)16-7)4-5-14-9-6-15-17(3)12(18)11(9)13/h6,14H,4-5H2,1-3H3. The highest BCUT2D eigenvalue weighted by atomic mass is 79.9. The van der Waals surface area contributed by atoms with E-state index in [9.17, 15) is 4.79 Å². The van der Waals surface area contributed by atoms with Gasteiger partial charge in [0.25, 0.3) is 5.56 Å². The Morgan fingerprint density at radius 1 is 1.47 bits per heavy atom. The summed E-state index contributed by atoms with van der Waals surface area (Å²) in [5.41, 5.74) is 1.67. The second kappa shape index (κ2) is 5.83. The van der Waals surface area contributed by atoms with Crippen LogP contribution in [0.15, 0.2) is 15.5 Å². The number of anilines is 1. The SMILES string of the molecule is Cc1nc(C)c(CCNc2cnn(C)c(=O)c2Br)s1. The molecule has 0 atom stereocenters. The van der Waals surface area contributed by atoms with Gasteiger partial charge in [0.05, 0.1) is 22.6 Å². The predicted octanol–water partition coefficient (Wildman–Crippen LogP) is 2.27. The monoisotopic (exact) mass is 342 g/mol. The van der Waals surface area contributed by atoms with Gasteiger partial charge in [0.2, 0.25) is 0 Å². The van der Waals surface area contributed by atoms with E-state index in [1.807, 2.05) is 13.8 Å². The van der Waals surface area contributed by atoms with E-state index in [4.69, 9.17) is 0 Å². The molecule has 0 bridgehead atoms. The van der Waals surface area contributed by atoms with Gasteiger partial charge < -0.3 is 5.32 Å². The van der Waals surface area contributed by atoms with Gasteiger partial charge in [0.15, 0.2) is 0 Å². The molecule has 102 valence electrons. The molecule has 0 saturated carbocycles. The van der Waals surface area contributed by atoms with Crippen molar-refractivity contribution in [2.75, 3.05) is 11.9 Å². The number of nitrogens with zero attached hydrogens (tertiary/aromatic N) is 3. The van der Waals surface area contributed by atoms with Gasteiger partial charge >= 0.3 is 0 Å². The smallest absolute Gasteiger partial charge is 0.282 e. The van der Waals surface area contributed by atoms with E-state index in [-0.39, 0.29) is 5.56 Å². The van der Waals surface area contributed by atoms with E-state index in [1.165, 1.54) is 9.56 Å². The molecular formula is C12H15BrN4OS. The Morgan fingerprint density at radius 3 is 2.84 bits per heavy atom. The molecule has 7 heteroatoms. The first-order valence-corrected chi connectivity index (χ1v) is 7.48. The number of aryl methyl sites for hydroxylation is 3. The molecule has 2 aromatic rings. The van der Waals surface area contributed by atoms with Gasteiger partial charge in [-0.05, 0) is 29.8 Å². The van der Waals surface area contributed by atoms with Crippen molar-refractivity contribution in [1.82, 2.24) is 14.8 Å². The van der Waals surface area contributed by atoms with Crippen LogP contribution in [-0.4, -0.2) is 21.3 Å². The zero-order valence-electron chi connectivity index (χ0n) is 11.0. The largest absolute Gasteiger partial charge is 0.382 e. The first-order valence-electron chi connectivity index (χ1n) is 5.87. The number of aromatic nitrogens is 3. The normalized spacial score (nSPS) is 10.7. The van der Waals surface area contributed by atoms with Gasteiger partial charge in [0.1, 0.15) is 4.47 Å². The maximum atomic E-state index is 11.7. The molecule has 0 fully saturated rings. The Morgan fingerprint density at radius 2 is 2.21 bits per heavy atom. The highest BCUT2D eigenvalue weighted by Gasteiger charge is 2.08. The van der Waals surface area contributed by atoms with E-state index in [0.717, 1.165) is 29.4 Å². The number of rotatable bonds is 4. The van der Waals surface area contributed by atoms with Crippen LogP contribution in [0.1, 0.15) is 15.6 Å². The number of thiazole rings is 1. The third-order valence-corrected chi connectivity index (χ3v) is 4.64. The number of hydrogen-bond acceptors (Lipinski definition) is 5. The number of halogens is 1. The molecule has 0 aliphatic carbocycles. The Labute approximate surface area is 123 Å². The van der Waals surface area contributed by atoms with Crippen LogP contribution in [0, 0.1) is 13.8 Å². The minimum Gasteiger partial charge on any atom is -0.382 e. The first kappa shape index (κ1) is 14.2. The molecule has 0 radical (unpaired) electrons. The quantitative estimate of drug-likeness (QED) is 0.925. The van der Waals surface area contributed by atoms with Crippen molar-refractivity contribution in [3.63, 3.8) is 0 Å². The number of hydrogen-bond donors (Lipinski definition) is 1. The molecule has 0 aromatic carbocycles. The molecule has 0 unspecified atom stereocenters. The second-order valence-electron chi connectivity index (χ2n) is 4.22. The van der Waals surface area contributed by atoms with Crippen molar-refractivity contribution in [2.24, 2.45) is 7.05 Å². The lowest BCUT2D eigenvalue weighted by atomic mass is 10.3. The molecule has 5 nitrogen and oxygen atoms in total. The average Bonchev–Trinajstić information content (AvgIpc) is 2.68. The highest BCUT2D eigenvalue weighted by molar-refractivity contribution is 9.10. The first-order chi connectivity index (χ1) is 8.99. The fourth-order valence-electron chi connectivity index (χ4n) is 1.75. The van der Waals surface area contributed by atoms with Gasteiger partial charge in [-0.2, -0.15) is 5.10 Å². The van der Waals surface area contributed by atoms with Gasteiger partial charge in [-0.25, -0.2) is 9.67 Å². The fraction of sp³-hybridized carbons (Fsp3) is 0.417. The summed E-state index contributed by atoms with van der Waals surface area (Å²) in [5.74, 6) is 0. The summed E-state index contributed by atoms with van der Waals surface area (Å²) >= 11 is 5.01. The van der Waals surface area contributed by atoms with E-state index in [1.54, 1.807) is 24.6 Å². The van der Waals surface area contributed by atoms with E-state index < -0.39 is 0 Å². The molecule has 2 heterocycles. The molecule has 2 aromatic heterocycles. The topological polar surface area (TPSA) is 59.8 Å². The highest BCUT2D eigenvalue weighted by Crippen LogP contribution is 2.19. The maximum absolute atomic E-state index is 11.7. The lowest BCUT2D eigenvalue weighted by Gasteiger charge is -2.08. The Kier molecular flexibility index (Phi) is 4.36. The van der Waals surface area contributed by atoms with Gasteiger partial charge in [-0.15, -0.1) is 11.3 Å². The molecule has 0 spiro atoms. The van der Waals surface area contributed by atoms with E-state index in [0.29, 0.717) is 4.47 Å². The van der Waals surface area contributed by atoms with Crippen molar-refractivity contribution in [1.29, 1.82) is 0 Å². The van der Waals surface area contributed by atoms with Crippen LogP contribution in [0.4, 0.5) is 5.69 Å². The average molecular weight is 343 g/mol. The van der Waals surface area contributed by atoms with Crippen molar-refractivity contribution in [2.45, 2.75) is 20.3 Å². The molecule has 19 heavy (non-hydrogen) atoms. The minimum absolute atomic E-state index is 0.144. The summed E-state index contributed by atoms with van der Waals surface area (Å²) in [6.45, 7) is 4.78. The zero-order valence-corrected chi connectivity index (χ0v) is 13.4. The lowest BCUT2D eigenvalue weighted by Crippen LogP contribution is -2.21. The Balaban J connectivity index is 2.02. The minimum atomic E-state index is -0.144. The van der Waals surface area contributed by atoms with Crippen LogP contribution in [0.5, 0.6) is 0 Å². The van der Waals surface area contributed by atoms with Crippen molar-refractivity contribution in [3.05, 3.63) is 36.6 Å². The third-order valence-electron chi connectivity index (χ3n) is 2.75. The van der Waals surface area contributed by atoms with Crippen molar-refractivity contribution < 1.29 is 0 Å². The van der Waals surface area contributed by atoms with Crippen LogP contribution in [-0.2, 0) is 13.5 Å². The molecule has 0 saturated heterocycles. The molecule has 2 rings (SSSR count). The summed E-state index contributed by atoms with van der Waals surface area (Å²) in [6, 6.07) is 0. The van der Waals surface area contributed by atoms with Crippen LogP contribution < -0.4 is 10.9 Å². The Bertz CT molecular complexity index is 650. The van der Waals surface area contributed by atoms with Crippen LogP contribution in [0.2, 0.25) is 0 Å². The van der Waals surface area contributed by atoms with Crippen LogP contribution in [0.25, 0.3) is 0 Å². The molecule has 1 N–H and O–H groups in total. The fourth-order valence-corrected chi connectivity index (χ4v) is 3.19. The molecule has 0 aliphatic rings. The zero-order chi connectivity index (χ0) is 14.0. The van der Waals surface area contributed by atoms with Crippen LogP contribution in [0.3, 0.4) is 0 Å². The van der Waals surface area contributed by atoms with E-state index in [2.05, 4.69) is 31.3 Å². The van der Waals surface area contributed by atoms with Gasteiger partial charge in [-0.3, -0.25) is 4.79 Å². The Hall–Kier alpha value is -1.21.